The first-order valence-corrected chi connectivity index (χ1v) is 9.79. The summed E-state index contributed by atoms with van der Waals surface area (Å²) in [6.07, 6.45) is 2.48. The van der Waals surface area contributed by atoms with Gasteiger partial charge in [0.2, 0.25) is 0 Å². The molecular weight excluding hydrogens is 386 g/mol. The minimum Gasteiger partial charge on any atom is -0.468 e. The van der Waals surface area contributed by atoms with Crippen LogP contribution in [-0.2, 0) is 33.9 Å². The molecule has 0 radical (unpaired) electrons. The molecule has 1 unspecified atom stereocenters. The van der Waals surface area contributed by atoms with E-state index in [0.29, 0.717) is 5.57 Å². The fraction of sp³-hybridized carbons (Fsp3) is 0.316. The quantitative estimate of drug-likeness (QED) is 0.327. The minimum atomic E-state index is -4.00. The molecule has 9 heteroatoms. The number of methoxy groups -OCH3 is 2. The molecule has 2 rings (SSSR count). The normalized spacial score (nSPS) is 18.6. The Labute approximate surface area is 163 Å². The van der Waals surface area contributed by atoms with E-state index in [9.17, 15) is 22.8 Å². The van der Waals surface area contributed by atoms with Crippen molar-refractivity contribution in [3.8, 4) is 0 Å². The lowest BCUT2D eigenvalue weighted by atomic mass is 9.85. The lowest BCUT2D eigenvalue weighted by molar-refractivity contribution is -0.168. The highest BCUT2D eigenvalue weighted by atomic mass is 32.2. The molecule has 0 saturated heterocycles. The highest BCUT2D eigenvalue weighted by molar-refractivity contribution is 7.90. The van der Waals surface area contributed by atoms with Crippen LogP contribution < -0.4 is 4.72 Å². The topological polar surface area (TPSA) is 116 Å². The van der Waals surface area contributed by atoms with Crippen LogP contribution >= 0.6 is 0 Å². The number of hydrogen-bond acceptors (Lipinski definition) is 7. The number of hydrogen-bond donors (Lipinski definition) is 1. The van der Waals surface area contributed by atoms with E-state index in [-0.39, 0.29) is 17.7 Å². The first kappa shape index (κ1) is 21.4. The lowest BCUT2D eigenvalue weighted by Gasteiger charge is -2.22. The zero-order valence-electron chi connectivity index (χ0n) is 15.5. The van der Waals surface area contributed by atoms with Crippen molar-refractivity contribution in [2.24, 2.45) is 11.3 Å². The Balaban J connectivity index is 2.13. The van der Waals surface area contributed by atoms with E-state index >= 15 is 0 Å². The van der Waals surface area contributed by atoms with Gasteiger partial charge in [-0.25, -0.2) is 13.1 Å². The Bertz CT molecular complexity index is 903. The van der Waals surface area contributed by atoms with Gasteiger partial charge in [-0.1, -0.05) is 36.4 Å². The van der Waals surface area contributed by atoms with Gasteiger partial charge in [-0.15, -0.1) is 0 Å². The van der Waals surface area contributed by atoms with Gasteiger partial charge in [0.25, 0.3) is 15.9 Å². The number of carbonyl (C=O) groups is 3. The number of rotatable bonds is 6. The van der Waals surface area contributed by atoms with Crippen molar-refractivity contribution in [1.82, 2.24) is 4.72 Å². The molecule has 1 atom stereocenters. The van der Waals surface area contributed by atoms with Gasteiger partial charge in [0, 0.05) is 6.08 Å². The van der Waals surface area contributed by atoms with E-state index in [2.05, 4.69) is 6.58 Å². The highest BCUT2D eigenvalue weighted by Crippen LogP contribution is 2.47. The van der Waals surface area contributed by atoms with Gasteiger partial charge in [-0.3, -0.25) is 14.4 Å². The van der Waals surface area contributed by atoms with Crippen molar-refractivity contribution in [2.45, 2.75) is 17.7 Å². The van der Waals surface area contributed by atoms with E-state index in [1.54, 1.807) is 6.07 Å². The van der Waals surface area contributed by atoms with E-state index in [0.717, 1.165) is 6.08 Å². The fourth-order valence-electron chi connectivity index (χ4n) is 3.13. The molecule has 1 amide bonds. The number of ether oxygens (including phenoxy) is 2. The smallest absolute Gasteiger partial charge is 0.323 e. The molecule has 0 spiro atoms. The van der Waals surface area contributed by atoms with E-state index < -0.39 is 39.2 Å². The number of esters is 2. The average molecular weight is 407 g/mol. The predicted octanol–water partition coefficient (Wildman–Crippen LogP) is 1.35. The third-order valence-corrected chi connectivity index (χ3v) is 5.90. The Morgan fingerprint density at radius 2 is 1.71 bits per heavy atom. The largest absolute Gasteiger partial charge is 0.468 e. The summed E-state index contributed by atoms with van der Waals surface area (Å²) < 4.78 is 35.7. The van der Waals surface area contributed by atoms with Crippen LogP contribution in [0.5, 0.6) is 0 Å². The van der Waals surface area contributed by atoms with Crippen molar-refractivity contribution >= 4 is 27.9 Å². The van der Waals surface area contributed by atoms with Gasteiger partial charge in [-0.05, 0) is 30.9 Å². The molecule has 1 aliphatic carbocycles. The summed E-state index contributed by atoms with van der Waals surface area (Å²) >= 11 is 0. The van der Waals surface area contributed by atoms with Crippen LogP contribution in [0.15, 0.2) is 59.5 Å². The van der Waals surface area contributed by atoms with Crippen molar-refractivity contribution in [3.63, 3.8) is 0 Å². The Morgan fingerprint density at radius 3 is 2.25 bits per heavy atom. The summed E-state index contributed by atoms with van der Waals surface area (Å²) in [5, 5.41) is 0. The summed E-state index contributed by atoms with van der Waals surface area (Å²) in [5.41, 5.74) is -0.992. The van der Waals surface area contributed by atoms with E-state index in [1.807, 2.05) is 4.72 Å². The summed E-state index contributed by atoms with van der Waals surface area (Å²) in [7, 11) is -1.66. The number of carbonyl (C=O) groups excluding carboxylic acids is 3. The number of amides is 1. The van der Waals surface area contributed by atoms with E-state index in [4.69, 9.17) is 9.47 Å². The first-order valence-electron chi connectivity index (χ1n) is 8.31. The summed E-state index contributed by atoms with van der Waals surface area (Å²) in [6.45, 7) is 3.85. The SMILES string of the molecule is C=C1CC(C(=O)OC)(C(=O)OC)CC1/C=C/C(=O)NS(=O)(=O)c1ccccc1. The summed E-state index contributed by atoms with van der Waals surface area (Å²) in [4.78, 5) is 36.3. The number of sulfonamides is 1. The van der Waals surface area contributed by atoms with Gasteiger partial charge in [0.05, 0.1) is 19.1 Å². The maximum absolute atomic E-state index is 12.2. The monoisotopic (exact) mass is 407 g/mol. The van der Waals surface area contributed by atoms with Crippen molar-refractivity contribution in [2.75, 3.05) is 14.2 Å². The third kappa shape index (κ3) is 4.30. The van der Waals surface area contributed by atoms with Gasteiger partial charge < -0.3 is 9.47 Å². The molecular formula is C19H21NO7S. The number of allylic oxidation sites excluding steroid dienone is 2. The van der Waals surface area contributed by atoms with Gasteiger partial charge in [0.1, 0.15) is 0 Å². The minimum absolute atomic E-state index is 0.0143. The second-order valence-electron chi connectivity index (χ2n) is 6.35. The molecule has 1 N–H and O–H groups in total. The van der Waals surface area contributed by atoms with Gasteiger partial charge in [0.15, 0.2) is 5.41 Å². The third-order valence-electron chi connectivity index (χ3n) is 4.54. The molecule has 1 aromatic rings. The van der Waals surface area contributed by atoms with Crippen LogP contribution in [0.4, 0.5) is 0 Å². The molecule has 0 bridgehead atoms. The van der Waals surface area contributed by atoms with Crippen LogP contribution in [0, 0.1) is 11.3 Å². The molecule has 0 aromatic heterocycles. The Morgan fingerprint density at radius 1 is 1.14 bits per heavy atom. The Kier molecular flexibility index (Phi) is 6.40. The summed E-state index contributed by atoms with van der Waals surface area (Å²) in [5.74, 6) is -2.84. The average Bonchev–Trinajstić information content (AvgIpc) is 3.03. The van der Waals surface area contributed by atoms with Gasteiger partial charge in [-0.2, -0.15) is 0 Å². The molecule has 0 heterocycles. The lowest BCUT2D eigenvalue weighted by Crippen LogP contribution is -2.39. The van der Waals surface area contributed by atoms with Crippen molar-refractivity contribution in [3.05, 3.63) is 54.6 Å². The van der Waals surface area contributed by atoms with E-state index in [1.165, 1.54) is 44.6 Å². The van der Waals surface area contributed by atoms with Gasteiger partial charge >= 0.3 is 11.9 Å². The standard InChI is InChI=1S/C19H21NO7S/c1-13-11-19(17(22)26-2,18(23)27-3)12-14(13)9-10-16(21)20-28(24,25)15-7-5-4-6-8-15/h4-10,14H,1,11-12H2,2-3H3,(H,20,21)/b10-9+. The van der Waals surface area contributed by atoms with Crippen LogP contribution in [0.1, 0.15) is 12.8 Å². The maximum atomic E-state index is 12.2. The van der Waals surface area contributed by atoms with Crippen LogP contribution in [0.25, 0.3) is 0 Å². The molecule has 0 aliphatic heterocycles. The van der Waals surface area contributed by atoms with Crippen molar-refractivity contribution < 1.29 is 32.3 Å². The molecule has 1 fully saturated rings. The molecule has 1 aromatic carbocycles. The fourth-order valence-corrected chi connectivity index (χ4v) is 4.09. The summed E-state index contributed by atoms with van der Waals surface area (Å²) in [6, 6.07) is 7.45. The zero-order valence-corrected chi connectivity index (χ0v) is 16.3. The number of benzene rings is 1. The predicted molar refractivity (Wildman–Crippen MR) is 99.2 cm³/mol. The molecule has 1 aliphatic rings. The van der Waals surface area contributed by atoms with Crippen LogP contribution in [0.2, 0.25) is 0 Å². The van der Waals surface area contributed by atoms with Crippen molar-refractivity contribution in [1.29, 1.82) is 0 Å². The second kappa shape index (κ2) is 8.39. The molecule has 150 valence electrons. The first-order chi connectivity index (χ1) is 13.2. The molecule has 1 saturated carbocycles. The molecule has 8 nitrogen and oxygen atoms in total. The van der Waals surface area contributed by atoms with Crippen LogP contribution in [-0.4, -0.2) is 40.5 Å². The van der Waals surface area contributed by atoms with Crippen LogP contribution in [0.3, 0.4) is 0 Å². The Hall–Kier alpha value is -2.94. The maximum Gasteiger partial charge on any atom is 0.323 e. The number of nitrogens with one attached hydrogen (secondary N) is 1. The highest BCUT2D eigenvalue weighted by Gasteiger charge is 2.54. The molecule has 28 heavy (non-hydrogen) atoms. The zero-order chi connectivity index (χ0) is 20.9. The second-order valence-corrected chi connectivity index (χ2v) is 8.04.